The minimum Gasteiger partial charge on any atom is -0.693 e. The van der Waals surface area contributed by atoms with E-state index < -0.39 is 30.7 Å². The van der Waals surface area contributed by atoms with E-state index in [2.05, 4.69) is 0 Å². The van der Waals surface area contributed by atoms with Crippen molar-refractivity contribution >= 4 is 0 Å². The van der Waals surface area contributed by atoms with Gasteiger partial charge in [-0.15, -0.1) is 30.7 Å². The molecular weight excluding hydrogens is 436 g/mol. The zero-order valence-electron chi connectivity index (χ0n) is 9.83. The van der Waals surface area contributed by atoms with Crippen LogP contribution in [0.1, 0.15) is 0 Å². The maximum atomic E-state index is 8.49. The Balaban J connectivity index is -0.0000000106. The molecular formula is H12Cl3CrN5O13-5. The summed E-state index contributed by atoms with van der Waals surface area (Å²) < 4.78 is 102. The van der Waals surface area contributed by atoms with Gasteiger partial charge >= 0.3 is 17.4 Å². The van der Waals surface area contributed by atoms with Gasteiger partial charge in [0.1, 0.15) is 0 Å². The molecule has 0 aliphatic carbocycles. The van der Waals surface area contributed by atoms with Gasteiger partial charge in [-0.25, -0.2) is 55.9 Å². The fraction of sp³-hybridized carbons (Fsp3) is 0. The summed E-state index contributed by atoms with van der Waals surface area (Å²) in [6, 6.07) is 0. The van der Waals surface area contributed by atoms with Crippen molar-refractivity contribution in [3.8, 4) is 0 Å². The van der Waals surface area contributed by atoms with E-state index in [-0.39, 0.29) is 53.6 Å². The van der Waals surface area contributed by atoms with Crippen molar-refractivity contribution in [1.82, 2.24) is 0 Å². The molecule has 0 unspecified atom stereocenters. The Morgan fingerprint density at radius 2 is 0.318 bits per heavy atom. The normalized spacial score (nSPS) is 8.18. The van der Waals surface area contributed by atoms with Gasteiger partial charge in [-0.1, -0.05) is 0 Å². The van der Waals surface area contributed by atoms with Crippen LogP contribution in [0.2, 0.25) is 0 Å². The summed E-state index contributed by atoms with van der Waals surface area (Å²) in [5, 5.41) is 0. The quantitative estimate of drug-likeness (QED) is 0.333. The van der Waals surface area contributed by atoms with Crippen molar-refractivity contribution in [2.24, 2.45) is 0 Å². The topological polar surface area (TPSA) is 476 Å². The van der Waals surface area contributed by atoms with E-state index >= 15 is 0 Å². The van der Waals surface area contributed by atoms with Gasteiger partial charge in [0, 0.05) is 0 Å². The van der Waals surface area contributed by atoms with Crippen molar-refractivity contribution in [1.29, 1.82) is 0 Å². The molecule has 0 atom stereocenters. The second kappa shape index (κ2) is 26.6. The summed E-state index contributed by atoms with van der Waals surface area (Å²) >= 11 is 0. The van der Waals surface area contributed by atoms with Crippen LogP contribution in [0.3, 0.4) is 0 Å². The zero-order valence-corrected chi connectivity index (χ0v) is 13.4. The third-order valence-electron chi connectivity index (χ3n) is 0. The largest absolute Gasteiger partial charge is 3.00 e. The minimum absolute atomic E-state index is 0. The molecule has 12 N–H and O–H groups in total. The molecule has 0 aromatic heterocycles. The summed E-state index contributed by atoms with van der Waals surface area (Å²) in [5.41, 5.74) is 0. The van der Waals surface area contributed by atoms with Gasteiger partial charge in [0.2, 0.25) is 0 Å². The SMILES string of the molecule is O.[Cr+3].[NH2-].[NH2-].[NH2-].[NH2-].[NH2-].[O-][Cl+3]([O-])([O-])[O-].[O-][Cl+3]([O-])([O-])[O-].[O-][Cl+3]([O-])([O-])[O-]. The first-order valence-electron chi connectivity index (χ1n) is 1.85. The van der Waals surface area contributed by atoms with Crippen LogP contribution in [0.25, 0.3) is 30.8 Å². The average molecular weight is 448 g/mol. The number of hydrogen-bond donors (Lipinski definition) is 0. The predicted molar refractivity (Wildman–Crippen MR) is 30.0 cm³/mol. The zero-order chi connectivity index (χ0) is 13.5. The fourth-order valence-electron chi connectivity index (χ4n) is 0. The molecule has 0 fully saturated rings. The number of rotatable bonds is 0. The van der Waals surface area contributed by atoms with E-state index in [0.717, 1.165) is 0 Å². The van der Waals surface area contributed by atoms with Gasteiger partial charge in [0.15, 0.2) is 0 Å². The van der Waals surface area contributed by atoms with E-state index in [9.17, 15) is 0 Å². The molecule has 0 aliphatic rings. The third-order valence-corrected chi connectivity index (χ3v) is 0. The molecule has 147 valence electrons. The summed E-state index contributed by atoms with van der Waals surface area (Å²) in [6.07, 6.45) is 0. The molecule has 0 heterocycles. The first-order chi connectivity index (χ1) is 6.00. The molecule has 0 amide bonds. The van der Waals surface area contributed by atoms with E-state index in [4.69, 9.17) is 55.9 Å². The Kier molecular flexibility index (Phi) is 80.1. The van der Waals surface area contributed by atoms with Crippen LogP contribution >= 0.6 is 0 Å². The predicted octanol–water partition coefficient (Wildman–Crippen LogP) is -11.5. The van der Waals surface area contributed by atoms with Crippen molar-refractivity contribution < 1.29 is 109 Å². The molecule has 0 spiro atoms. The smallest absolute Gasteiger partial charge is 0.693 e. The second-order valence-corrected chi connectivity index (χ2v) is 3.40. The van der Waals surface area contributed by atoms with Gasteiger partial charge in [-0.2, -0.15) is 0 Å². The number of hydrogen-bond acceptors (Lipinski definition) is 12. The molecule has 18 nitrogen and oxygen atoms in total. The van der Waals surface area contributed by atoms with Crippen LogP contribution in [-0.2, 0) is 17.4 Å². The Labute approximate surface area is 140 Å². The molecule has 0 rings (SSSR count). The van der Waals surface area contributed by atoms with Crippen LogP contribution in [0.5, 0.6) is 0 Å². The van der Waals surface area contributed by atoms with Gasteiger partial charge in [0.25, 0.3) is 0 Å². The molecule has 0 aromatic rings. The Morgan fingerprint density at radius 3 is 0.318 bits per heavy atom. The monoisotopic (exact) mass is 447 g/mol. The summed E-state index contributed by atoms with van der Waals surface area (Å²) in [6.45, 7) is 0. The summed E-state index contributed by atoms with van der Waals surface area (Å²) in [4.78, 5) is 0. The van der Waals surface area contributed by atoms with Crippen LogP contribution < -0.4 is 55.9 Å². The van der Waals surface area contributed by atoms with E-state index in [1.54, 1.807) is 0 Å². The van der Waals surface area contributed by atoms with E-state index in [1.165, 1.54) is 0 Å². The van der Waals surface area contributed by atoms with Crippen LogP contribution in [0.15, 0.2) is 0 Å². The van der Waals surface area contributed by atoms with Crippen molar-refractivity contribution in [2.75, 3.05) is 0 Å². The fourth-order valence-corrected chi connectivity index (χ4v) is 0. The maximum Gasteiger partial charge on any atom is 3.00 e. The van der Waals surface area contributed by atoms with Crippen LogP contribution in [0.4, 0.5) is 0 Å². The Hall–Kier alpha value is 0.682. The second-order valence-electron chi connectivity index (χ2n) is 1.13. The van der Waals surface area contributed by atoms with E-state index in [1.807, 2.05) is 0 Å². The molecule has 0 aromatic carbocycles. The van der Waals surface area contributed by atoms with Crippen molar-refractivity contribution in [2.45, 2.75) is 0 Å². The molecule has 22 heteroatoms. The average Bonchev–Trinajstić information content (AvgIpc) is 1.41. The van der Waals surface area contributed by atoms with Crippen LogP contribution in [0, 0.1) is 30.7 Å². The summed E-state index contributed by atoms with van der Waals surface area (Å²) in [5.74, 6) is 0. The van der Waals surface area contributed by atoms with Gasteiger partial charge in [0.05, 0.1) is 0 Å². The van der Waals surface area contributed by atoms with E-state index in [0.29, 0.717) is 0 Å². The van der Waals surface area contributed by atoms with Gasteiger partial charge in [-0.05, 0) is 0 Å². The first kappa shape index (κ1) is 66.3. The Morgan fingerprint density at radius 1 is 0.318 bits per heavy atom. The number of nitrogens with two attached hydrogens (primary N) is 5. The molecule has 22 heavy (non-hydrogen) atoms. The van der Waals surface area contributed by atoms with Crippen molar-refractivity contribution in [3.05, 3.63) is 30.8 Å². The number of halogens is 3. The molecule has 0 aliphatic heterocycles. The molecule has 0 saturated carbocycles. The van der Waals surface area contributed by atoms with Crippen LogP contribution in [-0.4, -0.2) is 5.48 Å². The summed E-state index contributed by atoms with van der Waals surface area (Å²) in [7, 11) is -14.8. The standard InChI is InChI=1S/3ClHO4.Cr.5H2N.H2O/c3*2-1(3,4)5;;;;;;;/h3*(H,2,3,4,5);;6*1H2/q;;;+3;5*-1;/p-3. The third kappa shape index (κ3) is 17200. The molecule has 1 radical (unpaired) electrons. The first-order valence-corrected chi connectivity index (χ1v) is 5.55. The molecule has 0 saturated heterocycles. The molecule has 0 bridgehead atoms. The Bertz CT molecular complexity index is 109. The maximum absolute atomic E-state index is 8.49. The van der Waals surface area contributed by atoms with Gasteiger partial charge in [-0.3, -0.25) is 0 Å². The minimum atomic E-state index is -4.94. The van der Waals surface area contributed by atoms with Crippen molar-refractivity contribution in [3.63, 3.8) is 0 Å². The van der Waals surface area contributed by atoms with Gasteiger partial charge < -0.3 is 36.2 Å².